The topological polar surface area (TPSA) is 58.9 Å². The first-order valence-electron chi connectivity index (χ1n) is 4.65. The normalized spacial score (nSPS) is 15.7. The number of hydrogen-bond donors (Lipinski definition) is 2. The largest absolute Gasteiger partial charge is 0.396 e. The zero-order valence-corrected chi connectivity index (χ0v) is 8.40. The molecule has 2 atom stereocenters. The summed E-state index contributed by atoms with van der Waals surface area (Å²) in [5, 5.41) is 18.3. The lowest BCUT2D eigenvalue weighted by molar-refractivity contribution is -0.119. The van der Waals surface area contributed by atoms with Crippen molar-refractivity contribution >= 4 is 0 Å². The smallest absolute Gasteiger partial charge is 0.146 e. The molecule has 13 heavy (non-hydrogen) atoms. The maximum atomic E-state index is 9.58. The average molecular weight is 192 g/mol. The molecule has 4 heteroatoms. The SMILES string of the molecule is CCC[C@@H](O)[C@H](CCO)OCOC. The van der Waals surface area contributed by atoms with E-state index < -0.39 is 6.10 Å². The van der Waals surface area contributed by atoms with Crippen molar-refractivity contribution in [2.24, 2.45) is 0 Å². The molecule has 0 fully saturated rings. The van der Waals surface area contributed by atoms with Gasteiger partial charge in [0.1, 0.15) is 6.79 Å². The van der Waals surface area contributed by atoms with E-state index in [1.165, 1.54) is 7.11 Å². The standard InChI is InChI=1S/C9H20O4/c1-3-4-8(11)9(5-6-10)13-7-12-2/h8-11H,3-7H2,1-2H3/t8-,9+/m1/s1. The molecule has 0 aliphatic heterocycles. The Labute approximate surface area is 79.5 Å². The third-order valence-electron chi connectivity index (χ3n) is 1.83. The van der Waals surface area contributed by atoms with Crippen LogP contribution in [0, 0.1) is 0 Å². The van der Waals surface area contributed by atoms with Crippen molar-refractivity contribution in [3.63, 3.8) is 0 Å². The molecule has 0 saturated heterocycles. The number of methoxy groups -OCH3 is 1. The summed E-state index contributed by atoms with van der Waals surface area (Å²) in [6.07, 6.45) is 1.22. The third-order valence-corrected chi connectivity index (χ3v) is 1.83. The Morgan fingerprint density at radius 3 is 2.46 bits per heavy atom. The van der Waals surface area contributed by atoms with Crippen LogP contribution in [-0.2, 0) is 9.47 Å². The Morgan fingerprint density at radius 1 is 1.31 bits per heavy atom. The number of hydrogen-bond acceptors (Lipinski definition) is 4. The summed E-state index contributed by atoms with van der Waals surface area (Å²) in [5.74, 6) is 0. The molecule has 0 amide bonds. The first-order valence-corrected chi connectivity index (χ1v) is 4.65. The molecule has 0 aliphatic rings. The lowest BCUT2D eigenvalue weighted by Gasteiger charge is -2.21. The molecule has 4 nitrogen and oxygen atoms in total. The van der Waals surface area contributed by atoms with Gasteiger partial charge in [0.15, 0.2) is 0 Å². The van der Waals surface area contributed by atoms with Gasteiger partial charge in [-0.2, -0.15) is 0 Å². The first kappa shape index (κ1) is 12.8. The van der Waals surface area contributed by atoms with E-state index in [9.17, 15) is 5.11 Å². The second kappa shape index (κ2) is 8.44. The zero-order chi connectivity index (χ0) is 10.1. The van der Waals surface area contributed by atoms with Gasteiger partial charge in [-0.1, -0.05) is 13.3 Å². The summed E-state index contributed by atoms with van der Waals surface area (Å²) < 4.78 is 9.95. The van der Waals surface area contributed by atoms with Crippen molar-refractivity contribution in [3.8, 4) is 0 Å². The Hall–Kier alpha value is -0.160. The van der Waals surface area contributed by atoms with E-state index >= 15 is 0 Å². The van der Waals surface area contributed by atoms with Gasteiger partial charge in [0, 0.05) is 13.7 Å². The van der Waals surface area contributed by atoms with Crippen LogP contribution in [0.2, 0.25) is 0 Å². The maximum absolute atomic E-state index is 9.58. The lowest BCUT2D eigenvalue weighted by Crippen LogP contribution is -2.30. The highest BCUT2D eigenvalue weighted by Crippen LogP contribution is 2.09. The first-order chi connectivity index (χ1) is 6.26. The Balaban J connectivity index is 3.75. The van der Waals surface area contributed by atoms with Gasteiger partial charge in [-0.05, 0) is 12.8 Å². The second-order valence-electron chi connectivity index (χ2n) is 2.98. The molecule has 0 bridgehead atoms. The average Bonchev–Trinajstić information content (AvgIpc) is 2.12. The minimum absolute atomic E-state index is 0.0230. The fourth-order valence-electron chi connectivity index (χ4n) is 1.15. The van der Waals surface area contributed by atoms with Crippen LogP contribution in [0.4, 0.5) is 0 Å². The minimum atomic E-state index is -0.507. The van der Waals surface area contributed by atoms with Crippen molar-refractivity contribution in [1.82, 2.24) is 0 Å². The van der Waals surface area contributed by atoms with E-state index in [0.29, 0.717) is 12.8 Å². The molecule has 0 saturated carbocycles. The molecular weight excluding hydrogens is 172 g/mol. The van der Waals surface area contributed by atoms with Gasteiger partial charge in [-0.3, -0.25) is 0 Å². The number of ether oxygens (including phenoxy) is 2. The number of aliphatic hydroxyl groups is 2. The molecule has 0 aromatic rings. The van der Waals surface area contributed by atoms with E-state index in [-0.39, 0.29) is 19.5 Å². The van der Waals surface area contributed by atoms with Crippen molar-refractivity contribution in [3.05, 3.63) is 0 Å². The molecule has 0 spiro atoms. The van der Waals surface area contributed by atoms with Crippen LogP contribution in [0.15, 0.2) is 0 Å². The highest BCUT2D eigenvalue weighted by molar-refractivity contribution is 4.67. The molecule has 0 unspecified atom stereocenters. The van der Waals surface area contributed by atoms with E-state index in [2.05, 4.69) is 0 Å². The van der Waals surface area contributed by atoms with E-state index in [4.69, 9.17) is 14.6 Å². The van der Waals surface area contributed by atoms with Gasteiger partial charge < -0.3 is 19.7 Å². The monoisotopic (exact) mass is 192 g/mol. The molecule has 0 rings (SSSR count). The van der Waals surface area contributed by atoms with Crippen LogP contribution in [0.25, 0.3) is 0 Å². The zero-order valence-electron chi connectivity index (χ0n) is 8.40. The molecule has 2 N–H and O–H groups in total. The highest BCUT2D eigenvalue weighted by atomic mass is 16.7. The van der Waals surface area contributed by atoms with Crippen molar-refractivity contribution in [1.29, 1.82) is 0 Å². The Kier molecular flexibility index (Phi) is 8.33. The van der Waals surface area contributed by atoms with Crippen molar-refractivity contribution < 1.29 is 19.7 Å². The third kappa shape index (κ3) is 5.99. The van der Waals surface area contributed by atoms with Gasteiger partial charge in [0.2, 0.25) is 0 Å². The molecule has 0 aromatic carbocycles. The summed E-state index contributed by atoms with van der Waals surface area (Å²) >= 11 is 0. The molecular formula is C9H20O4. The molecule has 80 valence electrons. The van der Waals surface area contributed by atoms with Gasteiger partial charge in [0.05, 0.1) is 12.2 Å². The second-order valence-corrected chi connectivity index (χ2v) is 2.98. The summed E-state index contributed by atoms with van der Waals surface area (Å²) in [4.78, 5) is 0. The maximum Gasteiger partial charge on any atom is 0.146 e. The predicted molar refractivity (Wildman–Crippen MR) is 49.4 cm³/mol. The van der Waals surface area contributed by atoms with Crippen LogP contribution >= 0.6 is 0 Å². The summed E-state index contributed by atoms with van der Waals surface area (Å²) in [7, 11) is 1.53. The van der Waals surface area contributed by atoms with Crippen LogP contribution in [0.5, 0.6) is 0 Å². The fourth-order valence-corrected chi connectivity index (χ4v) is 1.15. The molecule has 0 aromatic heterocycles. The number of aliphatic hydroxyl groups excluding tert-OH is 2. The Morgan fingerprint density at radius 2 is 2.00 bits per heavy atom. The quantitative estimate of drug-likeness (QED) is 0.550. The highest BCUT2D eigenvalue weighted by Gasteiger charge is 2.18. The van der Waals surface area contributed by atoms with Crippen LogP contribution < -0.4 is 0 Å². The van der Waals surface area contributed by atoms with Crippen LogP contribution in [0.3, 0.4) is 0 Å². The fraction of sp³-hybridized carbons (Fsp3) is 1.00. The summed E-state index contributed by atoms with van der Waals surface area (Å²) in [6, 6.07) is 0. The van der Waals surface area contributed by atoms with Crippen LogP contribution in [-0.4, -0.2) is 42.9 Å². The Bertz CT molecular complexity index is 108. The van der Waals surface area contributed by atoms with E-state index in [0.717, 1.165) is 6.42 Å². The van der Waals surface area contributed by atoms with Crippen molar-refractivity contribution in [2.45, 2.75) is 38.4 Å². The van der Waals surface area contributed by atoms with Gasteiger partial charge in [-0.25, -0.2) is 0 Å². The van der Waals surface area contributed by atoms with E-state index in [1.54, 1.807) is 0 Å². The summed E-state index contributed by atoms with van der Waals surface area (Å²) in [5.41, 5.74) is 0. The summed E-state index contributed by atoms with van der Waals surface area (Å²) in [6.45, 7) is 2.18. The van der Waals surface area contributed by atoms with Crippen molar-refractivity contribution in [2.75, 3.05) is 20.5 Å². The minimum Gasteiger partial charge on any atom is -0.396 e. The predicted octanol–water partition coefficient (Wildman–Crippen LogP) is 0.519. The molecule has 0 radical (unpaired) electrons. The van der Waals surface area contributed by atoms with E-state index in [1.807, 2.05) is 6.92 Å². The molecule has 0 heterocycles. The number of rotatable bonds is 8. The van der Waals surface area contributed by atoms with Gasteiger partial charge in [-0.15, -0.1) is 0 Å². The van der Waals surface area contributed by atoms with Gasteiger partial charge >= 0.3 is 0 Å². The van der Waals surface area contributed by atoms with Gasteiger partial charge in [0.25, 0.3) is 0 Å². The van der Waals surface area contributed by atoms with Crippen LogP contribution in [0.1, 0.15) is 26.2 Å². The molecule has 0 aliphatic carbocycles. The lowest BCUT2D eigenvalue weighted by atomic mass is 10.1.